The van der Waals surface area contributed by atoms with Crippen LogP contribution in [-0.4, -0.2) is 86.6 Å². The number of nitrogens with zero attached hydrogens (tertiary/aromatic N) is 6. The van der Waals surface area contributed by atoms with Crippen molar-refractivity contribution in [2.24, 2.45) is 5.92 Å². The quantitative estimate of drug-likeness (QED) is 0.283. The maximum atomic E-state index is 13.8. The van der Waals surface area contributed by atoms with E-state index in [0.717, 1.165) is 17.5 Å². The van der Waals surface area contributed by atoms with Gasteiger partial charge in [-0.05, 0) is 64.2 Å². The first-order chi connectivity index (χ1) is 19.5. The number of fused-ring (bicyclic) bond motifs is 2. The first-order valence-electron chi connectivity index (χ1n) is 13.4. The van der Waals surface area contributed by atoms with E-state index in [0.29, 0.717) is 47.6 Å². The lowest BCUT2D eigenvalue weighted by Crippen LogP contribution is -2.54. The summed E-state index contributed by atoms with van der Waals surface area (Å²) in [5, 5.41) is 33.1. The van der Waals surface area contributed by atoms with E-state index in [1.165, 1.54) is 18.3 Å². The van der Waals surface area contributed by atoms with Crippen molar-refractivity contribution in [1.29, 1.82) is 0 Å². The topological polar surface area (TPSA) is 168 Å². The molecule has 2 aromatic heterocycles. The van der Waals surface area contributed by atoms with Crippen LogP contribution in [0.3, 0.4) is 0 Å². The number of aromatic nitrogens is 3. The maximum Gasteiger partial charge on any atom is 0.432 e. The first kappa shape index (κ1) is 28.2. The summed E-state index contributed by atoms with van der Waals surface area (Å²) >= 11 is 0. The Labute approximate surface area is 236 Å². The Morgan fingerprint density at radius 3 is 2.63 bits per heavy atom. The number of nitro groups is 1. The molecule has 0 aliphatic carbocycles. The average Bonchev–Trinajstić information content (AvgIpc) is 3.43. The fraction of sp³-hybridized carbons (Fsp3) is 0.481. The Hall–Kier alpha value is -4.30. The van der Waals surface area contributed by atoms with Gasteiger partial charge in [0.15, 0.2) is 5.82 Å². The van der Waals surface area contributed by atoms with Crippen molar-refractivity contribution in [3.8, 4) is 0 Å². The zero-order valence-corrected chi connectivity index (χ0v) is 23.5. The third-order valence-electron chi connectivity index (χ3n) is 7.88. The number of ether oxygens (including phenoxy) is 1. The van der Waals surface area contributed by atoms with Gasteiger partial charge >= 0.3 is 12.1 Å². The lowest BCUT2D eigenvalue weighted by molar-refractivity contribution is -0.384. The van der Waals surface area contributed by atoms with Crippen LogP contribution in [0.25, 0.3) is 10.8 Å². The Bertz CT molecular complexity index is 1500. The average molecular weight is 567 g/mol. The van der Waals surface area contributed by atoms with Gasteiger partial charge in [0.25, 0.3) is 5.69 Å². The molecule has 1 aromatic carbocycles. The first-order valence-corrected chi connectivity index (χ1v) is 13.4. The van der Waals surface area contributed by atoms with Gasteiger partial charge in [0.2, 0.25) is 0 Å². The third kappa shape index (κ3) is 5.39. The molecule has 41 heavy (non-hydrogen) atoms. The summed E-state index contributed by atoms with van der Waals surface area (Å²) in [6.45, 7) is 5.71. The highest BCUT2D eigenvalue weighted by molar-refractivity contribution is 5.94. The van der Waals surface area contributed by atoms with E-state index in [9.17, 15) is 24.8 Å². The normalized spacial score (nSPS) is 17.4. The lowest BCUT2D eigenvalue weighted by atomic mass is 9.91. The van der Waals surface area contributed by atoms with E-state index in [-0.39, 0.29) is 36.0 Å². The summed E-state index contributed by atoms with van der Waals surface area (Å²) in [5.74, 6) is 0.878. The van der Waals surface area contributed by atoms with Gasteiger partial charge in [-0.3, -0.25) is 10.1 Å². The number of carbonyl (C=O) groups excluding carboxylic acids is 1. The van der Waals surface area contributed by atoms with Crippen molar-refractivity contribution in [1.82, 2.24) is 29.9 Å². The number of rotatable bonds is 7. The number of nitrogens with one attached hydrogen (secondary N) is 2. The van der Waals surface area contributed by atoms with Crippen LogP contribution in [0.1, 0.15) is 37.9 Å². The molecule has 0 radical (unpaired) electrons. The number of carbonyl (C=O) groups is 2. The van der Waals surface area contributed by atoms with Gasteiger partial charge in [0.1, 0.15) is 5.82 Å². The molecule has 2 aliphatic rings. The zero-order valence-electron chi connectivity index (χ0n) is 23.5. The number of hydrogen-bond acceptors (Lipinski definition) is 9. The number of likely N-dealkylation sites (N-methyl/N-ethyl adjacent to an activating group) is 1. The smallest absolute Gasteiger partial charge is 0.432 e. The fourth-order valence-corrected chi connectivity index (χ4v) is 5.83. The number of carboxylic acid groups (broad SMARTS) is 1. The molecule has 0 spiro atoms. The molecule has 14 heteroatoms. The van der Waals surface area contributed by atoms with Crippen LogP contribution < -0.4 is 10.6 Å². The summed E-state index contributed by atoms with van der Waals surface area (Å²) in [6.07, 6.45) is 1.93. The Balaban J connectivity index is 1.46. The second kappa shape index (κ2) is 10.9. The highest BCUT2D eigenvalue weighted by Crippen LogP contribution is 2.43. The van der Waals surface area contributed by atoms with Crippen LogP contribution in [0, 0.1) is 16.0 Å². The van der Waals surface area contributed by atoms with Crippen LogP contribution in [0.5, 0.6) is 0 Å². The molecule has 0 saturated carbocycles. The van der Waals surface area contributed by atoms with Crippen molar-refractivity contribution in [3.05, 3.63) is 51.8 Å². The minimum absolute atomic E-state index is 0.0533. The highest BCUT2D eigenvalue weighted by Gasteiger charge is 2.47. The largest absolute Gasteiger partial charge is 0.463 e. The van der Waals surface area contributed by atoms with Crippen molar-refractivity contribution >= 4 is 40.2 Å². The van der Waals surface area contributed by atoms with E-state index in [2.05, 4.69) is 20.7 Å². The SMILES string of the molecule is CN(C)C[C@@H](NC(=O)N1Cc2c(Nc3nccc4cc([N+](=O)[O-])ccc34)nn(C(=O)O)c2C1(C)C)C1CCOCC1. The molecule has 14 nitrogen and oxygen atoms in total. The number of non-ortho nitro benzene ring substituents is 1. The number of hydrogen-bond donors (Lipinski definition) is 3. The van der Waals surface area contributed by atoms with Gasteiger partial charge in [0.05, 0.1) is 22.7 Å². The molecule has 1 fully saturated rings. The molecule has 1 saturated heterocycles. The van der Waals surface area contributed by atoms with Crippen LogP contribution in [0.2, 0.25) is 0 Å². The summed E-state index contributed by atoms with van der Waals surface area (Å²) in [5.41, 5.74) is -0.102. The molecule has 2 amide bonds. The van der Waals surface area contributed by atoms with Gasteiger partial charge < -0.3 is 30.3 Å². The van der Waals surface area contributed by atoms with Gasteiger partial charge in [-0.2, -0.15) is 4.68 Å². The number of benzene rings is 1. The fourth-order valence-electron chi connectivity index (χ4n) is 5.83. The van der Waals surface area contributed by atoms with E-state index < -0.39 is 16.6 Å². The second-order valence-corrected chi connectivity index (χ2v) is 11.2. The molecule has 218 valence electrons. The molecule has 4 heterocycles. The molecule has 1 atom stereocenters. The van der Waals surface area contributed by atoms with Crippen molar-refractivity contribution in [2.75, 3.05) is 39.2 Å². The monoisotopic (exact) mass is 566 g/mol. The van der Waals surface area contributed by atoms with Crippen LogP contribution in [0.4, 0.5) is 26.9 Å². The molecule has 5 rings (SSSR count). The summed E-state index contributed by atoms with van der Waals surface area (Å²) in [6, 6.07) is 5.68. The van der Waals surface area contributed by atoms with Gasteiger partial charge in [-0.15, -0.1) is 5.10 Å². The molecule has 3 N–H and O–H groups in total. The molecular formula is C27H34N8O6. The Kier molecular flexibility index (Phi) is 7.53. The number of anilines is 2. The van der Waals surface area contributed by atoms with Crippen molar-refractivity contribution in [3.63, 3.8) is 0 Å². The van der Waals surface area contributed by atoms with Crippen LogP contribution in [0.15, 0.2) is 30.5 Å². The molecule has 3 aromatic rings. The molecule has 2 aliphatic heterocycles. The van der Waals surface area contributed by atoms with Gasteiger partial charge in [0, 0.05) is 55.1 Å². The predicted octanol–water partition coefficient (Wildman–Crippen LogP) is 3.73. The van der Waals surface area contributed by atoms with Crippen molar-refractivity contribution in [2.45, 2.75) is 44.8 Å². The highest BCUT2D eigenvalue weighted by atomic mass is 16.6. The lowest BCUT2D eigenvalue weighted by Gasteiger charge is -2.37. The number of pyridine rings is 1. The summed E-state index contributed by atoms with van der Waals surface area (Å²) in [7, 11) is 3.93. The van der Waals surface area contributed by atoms with Gasteiger partial charge in [-0.1, -0.05) is 0 Å². The molecular weight excluding hydrogens is 532 g/mol. The zero-order chi connectivity index (χ0) is 29.5. The van der Waals surface area contributed by atoms with Crippen LogP contribution in [-0.2, 0) is 16.8 Å². The number of nitro benzene ring substituents is 1. The summed E-state index contributed by atoms with van der Waals surface area (Å²) in [4.78, 5) is 44.9. The maximum absolute atomic E-state index is 13.8. The Morgan fingerprint density at radius 1 is 1.24 bits per heavy atom. The van der Waals surface area contributed by atoms with E-state index in [1.54, 1.807) is 30.9 Å². The van der Waals surface area contributed by atoms with E-state index >= 15 is 0 Å². The standard InChI is InChI=1S/C27H34N8O6/c1-27(2)22-20(14-33(27)25(36)29-21(15-32(3)4)16-8-11-41-12-9-16)24(31-34(22)26(37)38)30-23-19-6-5-18(35(39)40)13-17(19)7-10-28-23/h5-7,10,13,16,21H,8-9,11-12,14-15H2,1-4H3,(H,29,36)(H,37,38)(H,28,30,31)/t21-/m1/s1. The number of urea groups is 1. The second-order valence-electron chi connectivity index (χ2n) is 11.2. The Morgan fingerprint density at radius 2 is 1.98 bits per heavy atom. The molecule has 0 unspecified atom stereocenters. The third-order valence-corrected chi connectivity index (χ3v) is 7.88. The molecule has 0 bridgehead atoms. The van der Waals surface area contributed by atoms with E-state index in [4.69, 9.17) is 4.74 Å². The number of amides is 2. The predicted molar refractivity (Wildman–Crippen MR) is 150 cm³/mol. The van der Waals surface area contributed by atoms with E-state index in [1.807, 2.05) is 19.0 Å². The summed E-state index contributed by atoms with van der Waals surface area (Å²) < 4.78 is 6.42. The minimum atomic E-state index is -1.28. The van der Waals surface area contributed by atoms with Crippen LogP contribution >= 0.6 is 0 Å². The van der Waals surface area contributed by atoms with Crippen molar-refractivity contribution < 1.29 is 24.4 Å². The van der Waals surface area contributed by atoms with Gasteiger partial charge in [-0.25, -0.2) is 14.6 Å². The minimum Gasteiger partial charge on any atom is -0.463 e.